The molecule has 6 heteroatoms. The van der Waals surface area contributed by atoms with E-state index in [-0.39, 0.29) is 17.0 Å². The maximum atomic E-state index is 13.0. The van der Waals surface area contributed by atoms with Crippen LogP contribution in [-0.2, 0) is 0 Å². The Hall–Kier alpha value is -2.50. The summed E-state index contributed by atoms with van der Waals surface area (Å²) in [6, 6.07) is 6.74. The normalized spacial score (nSPS) is 10.3. The molecule has 0 heterocycles. The van der Waals surface area contributed by atoms with Gasteiger partial charge in [0.15, 0.2) is 17.5 Å². The zero-order valence-electron chi connectivity index (χ0n) is 9.45. The van der Waals surface area contributed by atoms with Gasteiger partial charge in [0.1, 0.15) is 5.75 Å². The summed E-state index contributed by atoms with van der Waals surface area (Å²) in [6.45, 7) is 0. The second kappa shape index (κ2) is 5.01. The topological polar surface area (TPSA) is 49.3 Å². The van der Waals surface area contributed by atoms with Gasteiger partial charge in [0.25, 0.3) is 5.91 Å². The predicted molar refractivity (Wildman–Crippen MR) is 62.4 cm³/mol. The van der Waals surface area contributed by atoms with Crippen molar-refractivity contribution in [2.24, 2.45) is 0 Å². The molecule has 2 rings (SSSR count). The standard InChI is InChI=1S/C13H8F3NO2/c14-10-5-8(6-11(15)12(10)16)17-13(19)7-2-1-3-9(18)4-7/h1-6,18H,(H,17,19). The van der Waals surface area contributed by atoms with Crippen molar-refractivity contribution < 1.29 is 23.1 Å². The molecular formula is C13H8F3NO2. The molecule has 0 unspecified atom stereocenters. The highest BCUT2D eigenvalue weighted by molar-refractivity contribution is 6.04. The Labute approximate surface area is 106 Å². The van der Waals surface area contributed by atoms with Gasteiger partial charge >= 0.3 is 0 Å². The molecule has 1 amide bonds. The number of hydrogen-bond donors (Lipinski definition) is 2. The number of aromatic hydroxyl groups is 1. The first kappa shape index (κ1) is 12.9. The van der Waals surface area contributed by atoms with Gasteiger partial charge in [-0.3, -0.25) is 4.79 Å². The number of halogens is 3. The van der Waals surface area contributed by atoms with Crippen LogP contribution < -0.4 is 5.32 Å². The second-order valence-electron chi connectivity index (χ2n) is 3.76. The summed E-state index contributed by atoms with van der Waals surface area (Å²) in [7, 11) is 0. The van der Waals surface area contributed by atoms with E-state index in [0.29, 0.717) is 12.1 Å². The number of amides is 1. The van der Waals surface area contributed by atoms with Crippen LogP contribution in [0, 0.1) is 17.5 Å². The molecule has 0 aliphatic rings. The summed E-state index contributed by atoms with van der Waals surface area (Å²) in [5.74, 6) is -5.20. The van der Waals surface area contributed by atoms with Crippen molar-refractivity contribution in [1.82, 2.24) is 0 Å². The summed E-state index contributed by atoms with van der Waals surface area (Å²) in [5.41, 5.74) is -0.116. The van der Waals surface area contributed by atoms with Crippen LogP contribution in [0.2, 0.25) is 0 Å². The molecule has 0 radical (unpaired) electrons. The lowest BCUT2D eigenvalue weighted by Gasteiger charge is -2.06. The molecule has 0 spiro atoms. The Morgan fingerprint density at radius 1 is 1.05 bits per heavy atom. The van der Waals surface area contributed by atoms with Crippen LogP contribution in [0.4, 0.5) is 18.9 Å². The first-order chi connectivity index (χ1) is 8.97. The maximum Gasteiger partial charge on any atom is 0.255 e. The van der Waals surface area contributed by atoms with E-state index in [1.54, 1.807) is 0 Å². The van der Waals surface area contributed by atoms with E-state index in [2.05, 4.69) is 5.32 Å². The number of hydrogen-bond acceptors (Lipinski definition) is 2. The molecule has 2 aromatic carbocycles. The molecule has 19 heavy (non-hydrogen) atoms. The highest BCUT2D eigenvalue weighted by Gasteiger charge is 2.13. The first-order valence-corrected chi connectivity index (χ1v) is 5.22. The summed E-state index contributed by atoms with van der Waals surface area (Å²) in [6.07, 6.45) is 0. The Balaban J connectivity index is 2.24. The zero-order valence-corrected chi connectivity index (χ0v) is 9.45. The van der Waals surface area contributed by atoms with Crippen LogP contribution in [0.1, 0.15) is 10.4 Å². The molecule has 0 saturated heterocycles. The summed E-state index contributed by atoms with van der Waals surface area (Å²) in [5, 5.41) is 11.4. The quantitative estimate of drug-likeness (QED) is 0.821. The van der Waals surface area contributed by atoms with E-state index in [1.165, 1.54) is 24.3 Å². The largest absolute Gasteiger partial charge is 0.508 e. The molecule has 0 aromatic heterocycles. The van der Waals surface area contributed by atoms with E-state index < -0.39 is 23.4 Å². The van der Waals surface area contributed by atoms with Gasteiger partial charge < -0.3 is 10.4 Å². The molecule has 0 bridgehead atoms. The summed E-state index contributed by atoms with van der Waals surface area (Å²) in [4.78, 5) is 11.7. The average Bonchev–Trinajstić information content (AvgIpc) is 2.36. The summed E-state index contributed by atoms with van der Waals surface area (Å²) < 4.78 is 38.6. The van der Waals surface area contributed by atoms with Crippen LogP contribution in [0.5, 0.6) is 5.75 Å². The van der Waals surface area contributed by atoms with Crippen molar-refractivity contribution in [3.05, 3.63) is 59.4 Å². The third kappa shape index (κ3) is 2.85. The monoisotopic (exact) mass is 267 g/mol. The fraction of sp³-hybridized carbons (Fsp3) is 0. The molecule has 98 valence electrons. The van der Waals surface area contributed by atoms with Gasteiger partial charge in [-0.2, -0.15) is 0 Å². The minimum absolute atomic E-state index is 0.102. The Morgan fingerprint density at radius 3 is 2.26 bits per heavy atom. The average molecular weight is 267 g/mol. The smallest absolute Gasteiger partial charge is 0.255 e. The van der Waals surface area contributed by atoms with Crippen molar-refractivity contribution in [2.75, 3.05) is 5.32 Å². The van der Waals surface area contributed by atoms with Crippen molar-refractivity contribution in [2.45, 2.75) is 0 Å². The van der Waals surface area contributed by atoms with Gasteiger partial charge in [-0.1, -0.05) is 6.07 Å². The Kier molecular flexibility index (Phi) is 3.41. The van der Waals surface area contributed by atoms with E-state index in [0.717, 1.165) is 0 Å². The first-order valence-electron chi connectivity index (χ1n) is 5.22. The summed E-state index contributed by atoms with van der Waals surface area (Å²) >= 11 is 0. The molecule has 0 saturated carbocycles. The second-order valence-corrected chi connectivity index (χ2v) is 3.76. The Bertz CT molecular complexity index is 621. The highest BCUT2D eigenvalue weighted by atomic mass is 19.2. The minimum atomic E-state index is -1.60. The van der Waals surface area contributed by atoms with Gasteiger partial charge in [-0.05, 0) is 18.2 Å². The molecule has 0 atom stereocenters. The lowest BCUT2D eigenvalue weighted by Crippen LogP contribution is -2.12. The minimum Gasteiger partial charge on any atom is -0.508 e. The number of phenols is 1. The zero-order chi connectivity index (χ0) is 14.0. The van der Waals surface area contributed by atoms with Crippen LogP contribution in [-0.4, -0.2) is 11.0 Å². The van der Waals surface area contributed by atoms with Gasteiger partial charge in [0.05, 0.1) is 0 Å². The van der Waals surface area contributed by atoms with Crippen LogP contribution in [0.15, 0.2) is 36.4 Å². The molecule has 0 aliphatic carbocycles. The van der Waals surface area contributed by atoms with Gasteiger partial charge in [-0.15, -0.1) is 0 Å². The number of anilines is 1. The molecule has 2 aromatic rings. The van der Waals surface area contributed by atoms with Gasteiger partial charge in [0, 0.05) is 23.4 Å². The van der Waals surface area contributed by atoms with E-state index >= 15 is 0 Å². The third-order valence-electron chi connectivity index (χ3n) is 2.35. The molecule has 2 N–H and O–H groups in total. The van der Waals surface area contributed by atoms with Crippen molar-refractivity contribution >= 4 is 11.6 Å². The van der Waals surface area contributed by atoms with Crippen molar-refractivity contribution in [3.8, 4) is 5.75 Å². The number of carbonyl (C=O) groups excluding carboxylic acids is 1. The number of phenolic OH excluding ortho intramolecular Hbond substituents is 1. The molecular weight excluding hydrogens is 259 g/mol. The molecule has 0 aliphatic heterocycles. The maximum absolute atomic E-state index is 13.0. The molecule has 3 nitrogen and oxygen atoms in total. The SMILES string of the molecule is O=C(Nc1cc(F)c(F)c(F)c1)c1cccc(O)c1. The number of rotatable bonds is 2. The number of carbonyl (C=O) groups is 1. The Morgan fingerprint density at radius 2 is 1.68 bits per heavy atom. The fourth-order valence-electron chi connectivity index (χ4n) is 1.48. The molecule has 0 fully saturated rings. The third-order valence-corrected chi connectivity index (χ3v) is 2.35. The van der Waals surface area contributed by atoms with Crippen molar-refractivity contribution in [1.29, 1.82) is 0 Å². The fourth-order valence-corrected chi connectivity index (χ4v) is 1.48. The van der Waals surface area contributed by atoms with E-state index in [9.17, 15) is 23.1 Å². The van der Waals surface area contributed by atoms with Crippen LogP contribution in [0.25, 0.3) is 0 Å². The number of benzene rings is 2. The highest BCUT2D eigenvalue weighted by Crippen LogP contribution is 2.19. The van der Waals surface area contributed by atoms with Crippen LogP contribution >= 0.6 is 0 Å². The van der Waals surface area contributed by atoms with Crippen LogP contribution in [0.3, 0.4) is 0 Å². The lowest BCUT2D eigenvalue weighted by molar-refractivity contribution is 0.102. The van der Waals surface area contributed by atoms with Crippen molar-refractivity contribution in [3.63, 3.8) is 0 Å². The van der Waals surface area contributed by atoms with E-state index in [1.807, 2.05) is 0 Å². The van der Waals surface area contributed by atoms with E-state index in [4.69, 9.17) is 0 Å². The van der Waals surface area contributed by atoms with Gasteiger partial charge in [-0.25, -0.2) is 13.2 Å². The lowest BCUT2D eigenvalue weighted by atomic mass is 10.2. The number of nitrogens with one attached hydrogen (secondary N) is 1. The predicted octanol–water partition coefficient (Wildman–Crippen LogP) is 3.06. The van der Waals surface area contributed by atoms with Gasteiger partial charge in [0.2, 0.25) is 0 Å².